The first-order valence-electron chi connectivity index (χ1n) is 6.09. The number of alkyl halides is 3. The SMILES string of the molecule is FC(F)(F)c1ccccc1Cc1nnc2cc(Cl)ccn12. The lowest BCUT2D eigenvalue weighted by molar-refractivity contribution is -0.138. The lowest BCUT2D eigenvalue weighted by Crippen LogP contribution is -2.10. The molecule has 3 nitrogen and oxygen atoms in total. The van der Waals surface area contributed by atoms with E-state index in [1.54, 1.807) is 28.8 Å². The molecule has 0 N–H and O–H groups in total. The van der Waals surface area contributed by atoms with Crippen LogP contribution in [0.25, 0.3) is 5.65 Å². The van der Waals surface area contributed by atoms with Crippen LogP contribution in [-0.4, -0.2) is 14.6 Å². The molecule has 0 aliphatic heterocycles. The molecule has 0 aliphatic rings. The number of benzene rings is 1. The van der Waals surface area contributed by atoms with Crippen molar-refractivity contribution in [1.29, 1.82) is 0 Å². The highest BCUT2D eigenvalue weighted by atomic mass is 35.5. The summed E-state index contributed by atoms with van der Waals surface area (Å²) in [4.78, 5) is 0. The van der Waals surface area contributed by atoms with Gasteiger partial charge in [0.05, 0.1) is 5.56 Å². The summed E-state index contributed by atoms with van der Waals surface area (Å²) in [5, 5.41) is 8.35. The minimum Gasteiger partial charge on any atom is -0.286 e. The molecule has 1 aromatic carbocycles. The molecule has 0 amide bonds. The standard InChI is InChI=1S/C14H9ClF3N3/c15-10-5-6-21-12(19-20-13(21)8-10)7-9-3-1-2-4-11(9)14(16,17)18/h1-6,8H,7H2. The molecule has 7 heteroatoms. The van der Waals surface area contributed by atoms with Crippen LogP contribution in [0.2, 0.25) is 5.02 Å². The normalized spacial score (nSPS) is 12.0. The lowest BCUT2D eigenvalue weighted by Gasteiger charge is -2.11. The Labute approximate surface area is 123 Å². The number of aromatic nitrogens is 3. The van der Waals surface area contributed by atoms with E-state index in [-0.39, 0.29) is 12.0 Å². The van der Waals surface area contributed by atoms with Crippen LogP contribution in [0.4, 0.5) is 13.2 Å². The van der Waals surface area contributed by atoms with Crippen LogP contribution in [0.5, 0.6) is 0 Å². The first kappa shape index (κ1) is 13.9. The van der Waals surface area contributed by atoms with E-state index >= 15 is 0 Å². The van der Waals surface area contributed by atoms with Gasteiger partial charge in [0.15, 0.2) is 5.65 Å². The Bertz CT molecular complexity index is 796. The fraction of sp³-hybridized carbons (Fsp3) is 0.143. The molecule has 3 aromatic rings. The maximum Gasteiger partial charge on any atom is 0.416 e. The van der Waals surface area contributed by atoms with Crippen molar-refractivity contribution in [2.75, 3.05) is 0 Å². The molecule has 0 atom stereocenters. The molecule has 0 fully saturated rings. The Morgan fingerprint density at radius 1 is 1.10 bits per heavy atom. The van der Waals surface area contributed by atoms with Gasteiger partial charge in [-0.1, -0.05) is 29.8 Å². The second-order valence-corrected chi connectivity index (χ2v) is 4.96. The summed E-state index contributed by atoms with van der Waals surface area (Å²) in [6.45, 7) is 0. The van der Waals surface area contributed by atoms with Gasteiger partial charge in [0, 0.05) is 23.7 Å². The zero-order valence-electron chi connectivity index (χ0n) is 10.6. The third-order valence-electron chi connectivity index (χ3n) is 3.11. The number of pyridine rings is 1. The lowest BCUT2D eigenvalue weighted by atomic mass is 10.0. The van der Waals surface area contributed by atoms with Crippen LogP contribution in [0.15, 0.2) is 42.6 Å². The summed E-state index contributed by atoms with van der Waals surface area (Å²) in [6, 6.07) is 8.69. The molecule has 0 aliphatic carbocycles. The van der Waals surface area contributed by atoms with E-state index in [9.17, 15) is 13.2 Å². The van der Waals surface area contributed by atoms with Gasteiger partial charge in [-0.05, 0) is 17.7 Å². The van der Waals surface area contributed by atoms with Crippen molar-refractivity contribution < 1.29 is 13.2 Å². The van der Waals surface area contributed by atoms with Crippen molar-refractivity contribution in [3.05, 3.63) is 64.6 Å². The predicted octanol–water partition coefficient (Wildman–Crippen LogP) is 3.99. The van der Waals surface area contributed by atoms with Crippen LogP contribution in [0.3, 0.4) is 0 Å². The van der Waals surface area contributed by atoms with Gasteiger partial charge >= 0.3 is 6.18 Å². The van der Waals surface area contributed by atoms with Gasteiger partial charge < -0.3 is 0 Å². The zero-order chi connectivity index (χ0) is 15.0. The van der Waals surface area contributed by atoms with Gasteiger partial charge in [-0.3, -0.25) is 4.40 Å². The second kappa shape index (κ2) is 5.04. The van der Waals surface area contributed by atoms with Crippen LogP contribution in [0, 0.1) is 0 Å². The van der Waals surface area contributed by atoms with E-state index in [0.717, 1.165) is 6.07 Å². The van der Waals surface area contributed by atoms with E-state index in [1.165, 1.54) is 12.1 Å². The van der Waals surface area contributed by atoms with Crippen LogP contribution < -0.4 is 0 Å². The first-order valence-corrected chi connectivity index (χ1v) is 6.47. The smallest absolute Gasteiger partial charge is 0.286 e. The minimum atomic E-state index is -4.39. The molecule has 3 rings (SSSR count). The third kappa shape index (κ3) is 2.71. The Kier molecular flexibility index (Phi) is 3.33. The number of fused-ring (bicyclic) bond motifs is 1. The van der Waals surface area contributed by atoms with Crippen LogP contribution in [0.1, 0.15) is 17.0 Å². The quantitative estimate of drug-likeness (QED) is 0.716. The summed E-state index contributed by atoms with van der Waals surface area (Å²) in [5.74, 6) is 0.429. The van der Waals surface area contributed by atoms with E-state index < -0.39 is 11.7 Å². The first-order chi connectivity index (χ1) is 9.95. The monoisotopic (exact) mass is 311 g/mol. The fourth-order valence-corrected chi connectivity index (χ4v) is 2.31. The highest BCUT2D eigenvalue weighted by Crippen LogP contribution is 2.32. The predicted molar refractivity (Wildman–Crippen MR) is 72.2 cm³/mol. The van der Waals surface area contributed by atoms with Crippen LogP contribution in [-0.2, 0) is 12.6 Å². The van der Waals surface area contributed by atoms with E-state index in [1.807, 2.05) is 0 Å². The van der Waals surface area contributed by atoms with Gasteiger partial charge in [0.1, 0.15) is 5.82 Å². The molecule has 0 radical (unpaired) electrons. The van der Waals surface area contributed by atoms with E-state index in [4.69, 9.17) is 11.6 Å². The number of hydrogen-bond acceptors (Lipinski definition) is 2. The van der Waals surface area contributed by atoms with Crippen molar-refractivity contribution in [1.82, 2.24) is 14.6 Å². The molecule has 0 unspecified atom stereocenters. The molecule has 0 saturated carbocycles. The Morgan fingerprint density at radius 3 is 2.62 bits per heavy atom. The molecule has 108 valence electrons. The van der Waals surface area contributed by atoms with Crippen molar-refractivity contribution >= 4 is 17.2 Å². The topological polar surface area (TPSA) is 30.2 Å². The van der Waals surface area contributed by atoms with Crippen molar-refractivity contribution in [2.24, 2.45) is 0 Å². The second-order valence-electron chi connectivity index (χ2n) is 4.52. The molecule has 21 heavy (non-hydrogen) atoms. The Morgan fingerprint density at radius 2 is 1.86 bits per heavy atom. The highest BCUT2D eigenvalue weighted by molar-refractivity contribution is 6.30. The third-order valence-corrected chi connectivity index (χ3v) is 3.35. The van der Waals surface area contributed by atoms with Crippen molar-refractivity contribution in [2.45, 2.75) is 12.6 Å². The number of rotatable bonds is 2. The molecule has 2 aromatic heterocycles. The average Bonchev–Trinajstić information content (AvgIpc) is 2.80. The van der Waals surface area contributed by atoms with Crippen molar-refractivity contribution in [3.63, 3.8) is 0 Å². The van der Waals surface area contributed by atoms with Gasteiger partial charge in [-0.25, -0.2) is 0 Å². The number of halogens is 4. The van der Waals surface area contributed by atoms with Gasteiger partial charge in [-0.15, -0.1) is 10.2 Å². The number of nitrogens with zero attached hydrogens (tertiary/aromatic N) is 3. The summed E-state index contributed by atoms with van der Waals surface area (Å²) >= 11 is 5.84. The molecule has 2 heterocycles. The van der Waals surface area contributed by atoms with Gasteiger partial charge in [0.25, 0.3) is 0 Å². The largest absolute Gasteiger partial charge is 0.416 e. The summed E-state index contributed by atoms with van der Waals surface area (Å²) in [5.41, 5.74) is 0.00644. The molecule has 0 spiro atoms. The molecule has 0 bridgehead atoms. The van der Waals surface area contributed by atoms with E-state index in [0.29, 0.717) is 16.5 Å². The summed E-state index contributed by atoms with van der Waals surface area (Å²) < 4.78 is 40.6. The summed E-state index contributed by atoms with van der Waals surface area (Å²) in [7, 11) is 0. The minimum absolute atomic E-state index is 0.0402. The summed E-state index contributed by atoms with van der Waals surface area (Å²) in [6.07, 6.45) is -2.71. The average molecular weight is 312 g/mol. The van der Waals surface area contributed by atoms with Gasteiger partial charge in [-0.2, -0.15) is 13.2 Å². The number of hydrogen-bond donors (Lipinski definition) is 0. The Balaban J connectivity index is 2.04. The fourth-order valence-electron chi connectivity index (χ4n) is 2.16. The Hall–Kier alpha value is -2.08. The van der Waals surface area contributed by atoms with Gasteiger partial charge in [0.2, 0.25) is 0 Å². The molecule has 0 saturated heterocycles. The molecular formula is C14H9ClF3N3. The van der Waals surface area contributed by atoms with Crippen LogP contribution >= 0.6 is 11.6 Å². The van der Waals surface area contributed by atoms with Crippen molar-refractivity contribution in [3.8, 4) is 0 Å². The zero-order valence-corrected chi connectivity index (χ0v) is 11.4. The maximum atomic E-state index is 13.0. The van der Waals surface area contributed by atoms with E-state index in [2.05, 4.69) is 10.2 Å². The molecular weight excluding hydrogens is 303 g/mol. The highest BCUT2D eigenvalue weighted by Gasteiger charge is 2.33. The maximum absolute atomic E-state index is 13.0.